The van der Waals surface area contributed by atoms with Crippen LogP contribution in [0.3, 0.4) is 0 Å². The van der Waals surface area contributed by atoms with Gasteiger partial charge in [0.15, 0.2) is 11.9 Å². The lowest BCUT2D eigenvalue weighted by molar-refractivity contribution is -0.119. The van der Waals surface area contributed by atoms with Crippen molar-refractivity contribution in [3.05, 3.63) is 23.4 Å². The first-order chi connectivity index (χ1) is 10.2. The fraction of sp³-hybridized carbons (Fsp3) is 0.571. The molecule has 110 valence electrons. The number of hydrogen-bond acceptors (Lipinski definition) is 5. The molecular weight excluding hydrogens is 273 g/mol. The van der Waals surface area contributed by atoms with Crippen LogP contribution in [0.15, 0.2) is 38.6 Å². The molecule has 0 spiro atoms. The summed E-state index contributed by atoms with van der Waals surface area (Å²) in [5.74, 6) is -0.255. The van der Waals surface area contributed by atoms with Crippen LogP contribution in [-0.2, 0) is 4.79 Å². The van der Waals surface area contributed by atoms with Crippen molar-refractivity contribution >= 4 is 11.9 Å². The molecule has 2 bridgehead atoms. The van der Waals surface area contributed by atoms with Crippen LogP contribution in [0.4, 0.5) is 4.39 Å². The summed E-state index contributed by atoms with van der Waals surface area (Å²) < 4.78 is 13.1. The summed E-state index contributed by atoms with van der Waals surface area (Å²) in [7, 11) is 0. The van der Waals surface area contributed by atoms with E-state index < -0.39 is 12.1 Å². The van der Waals surface area contributed by atoms with Crippen molar-refractivity contribution in [3.8, 4) is 0 Å². The van der Waals surface area contributed by atoms with E-state index in [9.17, 15) is 9.18 Å². The van der Waals surface area contributed by atoms with E-state index in [1.54, 1.807) is 6.08 Å². The van der Waals surface area contributed by atoms with Gasteiger partial charge in [0, 0.05) is 18.2 Å². The lowest BCUT2D eigenvalue weighted by Gasteiger charge is -2.44. The van der Waals surface area contributed by atoms with E-state index in [4.69, 9.17) is 0 Å². The molecule has 5 aliphatic rings. The minimum absolute atomic E-state index is 0.176. The maximum absolute atomic E-state index is 13.1. The summed E-state index contributed by atoms with van der Waals surface area (Å²) in [5, 5.41) is 10.8. The van der Waals surface area contributed by atoms with Crippen molar-refractivity contribution < 1.29 is 9.18 Å². The first-order valence-electron chi connectivity index (χ1n) is 7.30. The van der Waals surface area contributed by atoms with Gasteiger partial charge in [-0.05, 0) is 44.0 Å². The van der Waals surface area contributed by atoms with Crippen LogP contribution in [0, 0.1) is 5.92 Å². The molecule has 0 aromatic carbocycles. The Kier molecular flexibility index (Phi) is 2.95. The van der Waals surface area contributed by atoms with Crippen molar-refractivity contribution in [1.82, 2.24) is 10.2 Å². The Morgan fingerprint density at radius 3 is 2.86 bits per heavy atom. The van der Waals surface area contributed by atoms with E-state index in [0.717, 1.165) is 32.5 Å². The number of dihydropyridines is 1. The molecule has 0 aromatic heterocycles. The molecule has 1 N–H and O–H groups in total. The molecular formula is C14H16FN5O. The van der Waals surface area contributed by atoms with Gasteiger partial charge in [-0.15, -0.1) is 5.11 Å². The fourth-order valence-electron chi connectivity index (χ4n) is 3.48. The van der Waals surface area contributed by atoms with E-state index in [2.05, 4.69) is 25.4 Å². The molecule has 21 heavy (non-hydrogen) atoms. The number of azo groups is 1. The second-order valence-corrected chi connectivity index (χ2v) is 5.90. The Labute approximate surface area is 121 Å². The number of carbonyl (C=O) groups excluding carboxylic acids is 1. The number of fused-ring (bicyclic) bond motifs is 4. The Hall–Kier alpha value is -1.89. The van der Waals surface area contributed by atoms with E-state index in [1.165, 1.54) is 6.08 Å². The van der Waals surface area contributed by atoms with Gasteiger partial charge in [0.25, 0.3) is 5.91 Å². The molecule has 7 heteroatoms. The number of nitrogens with zero attached hydrogens (tertiary/aromatic N) is 4. The number of aliphatic imine (C=N–C) groups is 1. The van der Waals surface area contributed by atoms with Gasteiger partial charge in [0.1, 0.15) is 0 Å². The second-order valence-electron chi connectivity index (χ2n) is 5.90. The van der Waals surface area contributed by atoms with Crippen molar-refractivity contribution in [3.63, 3.8) is 0 Å². The van der Waals surface area contributed by atoms with Gasteiger partial charge in [0.2, 0.25) is 5.97 Å². The minimum atomic E-state index is -0.692. The van der Waals surface area contributed by atoms with Crippen molar-refractivity contribution in [1.29, 1.82) is 0 Å². The summed E-state index contributed by atoms with van der Waals surface area (Å²) in [6, 6.07) is 0.176. The maximum Gasteiger partial charge on any atom is 0.272 e. The molecule has 0 aromatic rings. The SMILES string of the molecule is O=C(N[C@@H]1CN2CCC1CC2)C1=C2C=CC(F)=NC2N=N1. The molecule has 6 nitrogen and oxygen atoms in total. The van der Waals surface area contributed by atoms with Crippen molar-refractivity contribution in [2.24, 2.45) is 21.1 Å². The topological polar surface area (TPSA) is 69.4 Å². The van der Waals surface area contributed by atoms with Crippen LogP contribution in [0.25, 0.3) is 0 Å². The molecule has 1 amide bonds. The summed E-state index contributed by atoms with van der Waals surface area (Å²) in [4.78, 5) is 18.5. The predicted octanol–water partition coefficient (Wildman–Crippen LogP) is 1.18. The van der Waals surface area contributed by atoms with Crippen LogP contribution in [0.1, 0.15) is 12.8 Å². The largest absolute Gasteiger partial charge is 0.346 e. The van der Waals surface area contributed by atoms with Gasteiger partial charge < -0.3 is 10.2 Å². The zero-order chi connectivity index (χ0) is 14.4. The van der Waals surface area contributed by atoms with Gasteiger partial charge in [-0.1, -0.05) is 0 Å². The molecule has 3 saturated heterocycles. The third-order valence-electron chi connectivity index (χ3n) is 4.65. The number of nitrogens with one attached hydrogen (secondary N) is 1. The Bertz CT molecular complexity index is 600. The van der Waals surface area contributed by atoms with Crippen LogP contribution in [0.2, 0.25) is 0 Å². The zero-order valence-electron chi connectivity index (χ0n) is 11.5. The number of hydrogen-bond donors (Lipinski definition) is 1. The van der Waals surface area contributed by atoms with Gasteiger partial charge >= 0.3 is 0 Å². The lowest BCUT2D eigenvalue weighted by atomic mass is 9.84. The minimum Gasteiger partial charge on any atom is -0.346 e. The Balaban J connectivity index is 1.50. The highest BCUT2D eigenvalue weighted by Crippen LogP contribution is 2.30. The number of piperidine rings is 3. The molecule has 2 atom stereocenters. The summed E-state index contributed by atoms with van der Waals surface area (Å²) in [6.45, 7) is 3.16. The van der Waals surface area contributed by atoms with Gasteiger partial charge in [-0.25, -0.2) is 4.99 Å². The molecule has 1 unspecified atom stereocenters. The summed E-state index contributed by atoms with van der Waals surface area (Å²) >= 11 is 0. The number of carbonyl (C=O) groups is 1. The number of allylic oxidation sites excluding steroid dienone is 1. The number of amides is 1. The molecule has 5 aliphatic heterocycles. The van der Waals surface area contributed by atoms with Crippen LogP contribution >= 0.6 is 0 Å². The zero-order valence-corrected chi connectivity index (χ0v) is 11.5. The average Bonchev–Trinajstić information content (AvgIpc) is 2.91. The van der Waals surface area contributed by atoms with Crippen molar-refractivity contribution in [2.45, 2.75) is 25.0 Å². The van der Waals surface area contributed by atoms with E-state index >= 15 is 0 Å². The Morgan fingerprint density at radius 2 is 2.14 bits per heavy atom. The molecule has 5 rings (SSSR count). The van der Waals surface area contributed by atoms with E-state index in [1.807, 2.05) is 0 Å². The van der Waals surface area contributed by atoms with Crippen molar-refractivity contribution in [2.75, 3.05) is 19.6 Å². The van der Waals surface area contributed by atoms with Gasteiger partial charge in [-0.2, -0.15) is 9.50 Å². The smallest absolute Gasteiger partial charge is 0.272 e. The average molecular weight is 289 g/mol. The third-order valence-corrected chi connectivity index (χ3v) is 4.65. The third kappa shape index (κ3) is 2.21. The molecule has 5 heterocycles. The monoisotopic (exact) mass is 289 g/mol. The number of rotatable bonds is 2. The Morgan fingerprint density at radius 1 is 1.33 bits per heavy atom. The van der Waals surface area contributed by atoms with Gasteiger partial charge in [0.05, 0.1) is 0 Å². The number of halogens is 1. The summed E-state index contributed by atoms with van der Waals surface area (Å²) in [5.41, 5.74) is 0.846. The molecule has 0 radical (unpaired) electrons. The highest BCUT2D eigenvalue weighted by molar-refractivity contribution is 5.97. The summed E-state index contributed by atoms with van der Waals surface area (Å²) in [6.07, 6.45) is 4.36. The standard InChI is InChI=1S/C14H16FN5O/c15-11-2-1-9-12(18-19-13(9)17-11)14(21)16-10-7-20-5-3-8(10)4-6-20/h1-2,8,10,13H,3-7H2,(H,16,21)/t10-,13?/m1/s1. The van der Waals surface area contributed by atoms with Gasteiger partial charge in [-0.3, -0.25) is 4.79 Å². The quantitative estimate of drug-likeness (QED) is 0.829. The molecule has 0 aliphatic carbocycles. The highest BCUT2D eigenvalue weighted by Gasteiger charge is 2.36. The maximum atomic E-state index is 13.1. The molecule has 0 saturated carbocycles. The van der Waals surface area contributed by atoms with Crippen LogP contribution in [0.5, 0.6) is 0 Å². The fourth-order valence-corrected chi connectivity index (χ4v) is 3.48. The first-order valence-corrected chi connectivity index (χ1v) is 7.30. The van der Waals surface area contributed by atoms with E-state index in [-0.39, 0.29) is 17.6 Å². The second kappa shape index (κ2) is 4.84. The van der Waals surface area contributed by atoms with Crippen LogP contribution < -0.4 is 5.32 Å². The predicted molar refractivity (Wildman–Crippen MR) is 74.4 cm³/mol. The molecule has 3 fully saturated rings. The first kappa shape index (κ1) is 12.8. The highest BCUT2D eigenvalue weighted by atomic mass is 19.1. The van der Waals surface area contributed by atoms with E-state index in [0.29, 0.717) is 11.5 Å². The lowest BCUT2D eigenvalue weighted by Crippen LogP contribution is -2.57. The normalized spacial score (nSPS) is 36.7. The van der Waals surface area contributed by atoms with Crippen LogP contribution in [-0.4, -0.2) is 48.6 Å².